The first-order valence-electron chi connectivity index (χ1n) is 6.70. The van der Waals surface area contributed by atoms with Crippen molar-refractivity contribution < 1.29 is 4.79 Å². The van der Waals surface area contributed by atoms with E-state index in [9.17, 15) is 4.79 Å². The van der Waals surface area contributed by atoms with Crippen LogP contribution in [0.25, 0.3) is 10.9 Å². The summed E-state index contributed by atoms with van der Waals surface area (Å²) in [6.45, 7) is 4.06. The number of hydrogen-bond acceptors (Lipinski definition) is 3. The summed E-state index contributed by atoms with van der Waals surface area (Å²) in [5.74, 6) is 0.360. The second kappa shape index (κ2) is 6.24. The van der Waals surface area contributed by atoms with Crippen molar-refractivity contribution in [3.63, 3.8) is 0 Å². The number of carbonyl (C=O) groups excluding carboxylic acids is 1. The highest BCUT2D eigenvalue weighted by Crippen LogP contribution is 2.16. The van der Waals surface area contributed by atoms with Crippen molar-refractivity contribution >= 4 is 29.2 Å². The van der Waals surface area contributed by atoms with Gasteiger partial charge in [-0.3, -0.25) is 9.89 Å². The molecule has 0 spiro atoms. The number of aromatic nitrogens is 2. The van der Waals surface area contributed by atoms with Gasteiger partial charge in [0.2, 0.25) is 0 Å². The number of halogens is 1. The van der Waals surface area contributed by atoms with Gasteiger partial charge in [0.15, 0.2) is 5.69 Å². The molecule has 3 N–H and O–H groups in total. The molecule has 5 nitrogen and oxygen atoms in total. The number of nitrogens with one attached hydrogen (secondary N) is 3. The number of piperidine rings is 1. The Hall–Kier alpha value is -1.59. The molecule has 108 valence electrons. The van der Waals surface area contributed by atoms with E-state index in [1.807, 2.05) is 24.3 Å². The molecule has 1 saturated heterocycles. The Balaban J connectivity index is 0.00000147. The summed E-state index contributed by atoms with van der Waals surface area (Å²) in [5.41, 5.74) is 1.38. The molecule has 20 heavy (non-hydrogen) atoms. The third-order valence-electron chi connectivity index (χ3n) is 3.79. The van der Waals surface area contributed by atoms with Crippen molar-refractivity contribution in [1.29, 1.82) is 0 Å². The van der Waals surface area contributed by atoms with Crippen LogP contribution in [-0.2, 0) is 0 Å². The van der Waals surface area contributed by atoms with Gasteiger partial charge < -0.3 is 10.6 Å². The molecule has 1 fully saturated rings. The molecule has 1 aliphatic rings. The highest BCUT2D eigenvalue weighted by molar-refractivity contribution is 6.04. The summed E-state index contributed by atoms with van der Waals surface area (Å²) < 4.78 is 0. The monoisotopic (exact) mass is 294 g/mol. The predicted octanol–water partition coefficient (Wildman–Crippen LogP) is 1.71. The van der Waals surface area contributed by atoms with E-state index in [1.54, 1.807) is 0 Å². The van der Waals surface area contributed by atoms with Crippen molar-refractivity contribution in [2.75, 3.05) is 13.1 Å². The molecule has 0 radical (unpaired) electrons. The first kappa shape index (κ1) is 14.8. The Morgan fingerprint density at radius 2 is 2.20 bits per heavy atom. The number of amides is 1. The quantitative estimate of drug-likeness (QED) is 0.790. The van der Waals surface area contributed by atoms with Crippen LogP contribution in [0.3, 0.4) is 0 Å². The minimum absolute atomic E-state index is 0. The van der Waals surface area contributed by atoms with Crippen LogP contribution in [0.15, 0.2) is 24.3 Å². The number of hydrogen-bond donors (Lipinski definition) is 3. The fourth-order valence-electron chi connectivity index (χ4n) is 2.60. The van der Waals surface area contributed by atoms with Gasteiger partial charge in [-0.2, -0.15) is 5.10 Å². The molecule has 6 heteroatoms. The Bertz CT molecular complexity index is 598. The van der Waals surface area contributed by atoms with Crippen LogP contribution >= 0.6 is 12.4 Å². The lowest BCUT2D eigenvalue weighted by Crippen LogP contribution is -2.48. The van der Waals surface area contributed by atoms with Crippen molar-refractivity contribution in [3.05, 3.63) is 30.0 Å². The summed E-state index contributed by atoms with van der Waals surface area (Å²) >= 11 is 0. The summed E-state index contributed by atoms with van der Waals surface area (Å²) in [6, 6.07) is 7.91. The largest absolute Gasteiger partial charge is 0.348 e. The molecule has 2 heterocycles. The second-order valence-electron chi connectivity index (χ2n) is 5.17. The van der Waals surface area contributed by atoms with E-state index in [1.165, 1.54) is 0 Å². The molecular formula is C14H19ClN4O. The first-order chi connectivity index (χ1) is 9.25. The van der Waals surface area contributed by atoms with Gasteiger partial charge in [-0.1, -0.05) is 25.1 Å². The average molecular weight is 295 g/mol. The molecule has 0 saturated carbocycles. The summed E-state index contributed by atoms with van der Waals surface area (Å²) in [7, 11) is 0. The fraction of sp³-hybridized carbons (Fsp3) is 0.429. The SMILES string of the molecule is CC1CNCCC1NC(=O)c1n[nH]c2ccccc12.Cl. The lowest BCUT2D eigenvalue weighted by atomic mass is 9.95. The van der Waals surface area contributed by atoms with E-state index in [0.29, 0.717) is 11.6 Å². The molecule has 2 atom stereocenters. The Morgan fingerprint density at radius 1 is 1.40 bits per heavy atom. The maximum Gasteiger partial charge on any atom is 0.272 e. The smallest absolute Gasteiger partial charge is 0.272 e. The van der Waals surface area contributed by atoms with Crippen LogP contribution in [0.4, 0.5) is 0 Å². The number of benzene rings is 1. The Morgan fingerprint density at radius 3 is 3.00 bits per heavy atom. The molecular weight excluding hydrogens is 276 g/mol. The molecule has 1 aromatic carbocycles. The number of fused-ring (bicyclic) bond motifs is 1. The molecule has 1 aliphatic heterocycles. The zero-order valence-corrected chi connectivity index (χ0v) is 12.2. The lowest BCUT2D eigenvalue weighted by Gasteiger charge is -2.29. The van der Waals surface area contributed by atoms with Gasteiger partial charge in [0.1, 0.15) is 0 Å². The molecule has 2 unspecified atom stereocenters. The molecule has 2 aromatic rings. The van der Waals surface area contributed by atoms with E-state index in [2.05, 4.69) is 27.8 Å². The number of H-pyrrole nitrogens is 1. The van der Waals surface area contributed by atoms with Gasteiger partial charge >= 0.3 is 0 Å². The predicted molar refractivity (Wildman–Crippen MR) is 81.2 cm³/mol. The van der Waals surface area contributed by atoms with E-state index in [-0.39, 0.29) is 24.4 Å². The molecule has 1 amide bonds. The third-order valence-corrected chi connectivity index (χ3v) is 3.79. The standard InChI is InChI=1S/C14H18N4O.ClH/c1-9-8-15-7-6-11(9)16-14(19)13-10-4-2-3-5-12(10)17-18-13;/h2-5,9,11,15H,6-8H2,1H3,(H,16,19)(H,17,18);1H. The first-order valence-corrected chi connectivity index (χ1v) is 6.70. The van der Waals surface area contributed by atoms with Gasteiger partial charge in [0, 0.05) is 11.4 Å². The highest BCUT2D eigenvalue weighted by Gasteiger charge is 2.24. The topological polar surface area (TPSA) is 69.8 Å². The summed E-state index contributed by atoms with van der Waals surface area (Å²) in [6.07, 6.45) is 0.968. The van der Waals surface area contributed by atoms with Crippen LogP contribution < -0.4 is 10.6 Å². The summed E-state index contributed by atoms with van der Waals surface area (Å²) in [4.78, 5) is 12.3. The van der Waals surface area contributed by atoms with Gasteiger partial charge in [0.05, 0.1) is 5.52 Å². The maximum absolute atomic E-state index is 12.3. The van der Waals surface area contributed by atoms with E-state index < -0.39 is 0 Å². The fourth-order valence-corrected chi connectivity index (χ4v) is 2.60. The van der Waals surface area contributed by atoms with Crippen LogP contribution in [0.1, 0.15) is 23.8 Å². The number of carbonyl (C=O) groups is 1. The number of para-hydroxylation sites is 1. The zero-order valence-electron chi connectivity index (χ0n) is 11.3. The molecule has 0 bridgehead atoms. The number of aromatic amines is 1. The maximum atomic E-state index is 12.3. The van der Waals surface area contributed by atoms with Gasteiger partial charge in [-0.15, -0.1) is 12.4 Å². The van der Waals surface area contributed by atoms with E-state index >= 15 is 0 Å². The average Bonchev–Trinajstić information content (AvgIpc) is 2.85. The minimum Gasteiger partial charge on any atom is -0.348 e. The lowest BCUT2D eigenvalue weighted by molar-refractivity contribution is 0.0910. The van der Waals surface area contributed by atoms with Crippen LogP contribution in [-0.4, -0.2) is 35.2 Å². The zero-order chi connectivity index (χ0) is 13.2. The van der Waals surface area contributed by atoms with Crippen LogP contribution in [0.2, 0.25) is 0 Å². The van der Waals surface area contributed by atoms with E-state index in [0.717, 1.165) is 30.4 Å². The second-order valence-corrected chi connectivity index (χ2v) is 5.17. The van der Waals surface area contributed by atoms with Crippen molar-refractivity contribution in [2.24, 2.45) is 5.92 Å². The van der Waals surface area contributed by atoms with Crippen molar-refractivity contribution in [1.82, 2.24) is 20.8 Å². The van der Waals surface area contributed by atoms with Crippen molar-refractivity contribution in [2.45, 2.75) is 19.4 Å². The molecule has 3 rings (SSSR count). The normalized spacial score (nSPS) is 22.2. The number of rotatable bonds is 2. The third kappa shape index (κ3) is 2.78. The van der Waals surface area contributed by atoms with Gasteiger partial charge in [0.25, 0.3) is 5.91 Å². The van der Waals surface area contributed by atoms with Gasteiger partial charge in [-0.05, 0) is 31.5 Å². The summed E-state index contributed by atoms with van der Waals surface area (Å²) in [5, 5.41) is 14.3. The Labute approximate surface area is 123 Å². The molecule has 0 aliphatic carbocycles. The minimum atomic E-state index is -0.0869. The highest BCUT2D eigenvalue weighted by atomic mass is 35.5. The molecule has 1 aromatic heterocycles. The van der Waals surface area contributed by atoms with Crippen LogP contribution in [0.5, 0.6) is 0 Å². The van der Waals surface area contributed by atoms with Gasteiger partial charge in [-0.25, -0.2) is 0 Å². The van der Waals surface area contributed by atoms with E-state index in [4.69, 9.17) is 0 Å². The van der Waals surface area contributed by atoms with Crippen molar-refractivity contribution in [3.8, 4) is 0 Å². The van der Waals surface area contributed by atoms with Crippen LogP contribution in [0, 0.1) is 5.92 Å². The Kier molecular flexibility index (Phi) is 4.62. The number of nitrogens with zero attached hydrogens (tertiary/aromatic N) is 1.